The molecule has 152 valence electrons. The molecule has 0 atom stereocenters. The van der Waals surface area contributed by atoms with Crippen molar-refractivity contribution in [2.24, 2.45) is 7.05 Å². The highest BCUT2D eigenvalue weighted by Gasteiger charge is 2.31. The Morgan fingerprint density at radius 1 is 1.14 bits per heavy atom. The van der Waals surface area contributed by atoms with Crippen molar-refractivity contribution in [3.63, 3.8) is 0 Å². The van der Waals surface area contributed by atoms with Gasteiger partial charge in [-0.25, -0.2) is 13.2 Å². The third kappa shape index (κ3) is 3.82. The van der Waals surface area contributed by atoms with Crippen LogP contribution in [0.15, 0.2) is 32.8 Å². The molecule has 3 rings (SSSR count). The average molecular weight is 427 g/mol. The van der Waals surface area contributed by atoms with Gasteiger partial charge >= 0.3 is 5.69 Å². The maximum Gasteiger partial charge on any atom is 0.331 e. The number of hydrogen-bond donors (Lipinski definition) is 0. The average Bonchev–Trinajstić information content (AvgIpc) is 3.01. The van der Waals surface area contributed by atoms with E-state index in [0.29, 0.717) is 4.90 Å². The third-order valence-electron chi connectivity index (χ3n) is 4.77. The third-order valence-corrected chi connectivity index (χ3v) is 7.89. The number of hydrogen-bond acceptors (Lipinski definition) is 6. The minimum atomic E-state index is -3.58. The highest BCUT2D eigenvalue weighted by molar-refractivity contribution is 7.89. The summed E-state index contributed by atoms with van der Waals surface area (Å²) in [4.78, 5) is 39.6. The SMILES string of the molecule is Cc1cc(S(=O)(=O)N2CCN(C(=O)Cn3ccc(=O)n(C)c3=O)CC2)c(C)s1. The summed E-state index contributed by atoms with van der Waals surface area (Å²) in [5, 5.41) is 0. The molecule has 28 heavy (non-hydrogen) atoms. The van der Waals surface area contributed by atoms with Crippen LogP contribution in [0.25, 0.3) is 0 Å². The summed E-state index contributed by atoms with van der Waals surface area (Å²) in [6.07, 6.45) is 1.30. The van der Waals surface area contributed by atoms with E-state index >= 15 is 0 Å². The Labute approximate surface area is 166 Å². The number of thiophene rings is 1. The van der Waals surface area contributed by atoms with Crippen molar-refractivity contribution in [2.45, 2.75) is 25.3 Å². The first kappa shape index (κ1) is 20.5. The fourth-order valence-corrected chi connectivity index (χ4v) is 6.11. The van der Waals surface area contributed by atoms with Crippen LogP contribution in [0.2, 0.25) is 0 Å². The smallest absolute Gasteiger partial charge is 0.331 e. The van der Waals surface area contributed by atoms with E-state index in [1.807, 2.05) is 6.92 Å². The van der Waals surface area contributed by atoms with Crippen LogP contribution in [-0.4, -0.2) is 58.8 Å². The van der Waals surface area contributed by atoms with E-state index in [1.54, 1.807) is 13.0 Å². The lowest BCUT2D eigenvalue weighted by atomic mass is 10.3. The van der Waals surface area contributed by atoms with E-state index in [1.165, 1.54) is 44.4 Å². The first-order valence-electron chi connectivity index (χ1n) is 8.72. The number of piperazine rings is 1. The summed E-state index contributed by atoms with van der Waals surface area (Å²) >= 11 is 1.44. The van der Waals surface area contributed by atoms with Crippen molar-refractivity contribution in [1.29, 1.82) is 0 Å². The first-order chi connectivity index (χ1) is 13.1. The minimum absolute atomic E-state index is 0.192. The molecule has 3 heterocycles. The van der Waals surface area contributed by atoms with Gasteiger partial charge in [-0.3, -0.25) is 18.7 Å². The van der Waals surface area contributed by atoms with Crippen LogP contribution in [0.4, 0.5) is 0 Å². The molecule has 0 bridgehead atoms. The van der Waals surface area contributed by atoms with Gasteiger partial charge in [-0.2, -0.15) is 4.31 Å². The van der Waals surface area contributed by atoms with Gasteiger partial charge in [0.05, 0.1) is 4.90 Å². The molecule has 1 saturated heterocycles. The molecule has 0 spiro atoms. The second-order valence-electron chi connectivity index (χ2n) is 6.69. The number of carbonyl (C=O) groups is 1. The zero-order chi connectivity index (χ0) is 20.6. The van der Waals surface area contributed by atoms with Gasteiger partial charge in [0, 0.05) is 55.2 Å². The molecule has 2 aromatic rings. The summed E-state index contributed by atoms with van der Waals surface area (Å²) in [6, 6.07) is 2.91. The lowest BCUT2D eigenvalue weighted by molar-refractivity contribution is -0.133. The number of rotatable bonds is 4. The molecule has 1 aliphatic rings. The molecule has 0 N–H and O–H groups in total. The Morgan fingerprint density at radius 3 is 2.36 bits per heavy atom. The Hall–Kier alpha value is -2.24. The van der Waals surface area contributed by atoms with E-state index in [0.717, 1.165) is 14.3 Å². The van der Waals surface area contributed by atoms with E-state index in [9.17, 15) is 22.8 Å². The van der Waals surface area contributed by atoms with Crippen molar-refractivity contribution in [3.05, 3.63) is 48.9 Å². The van der Waals surface area contributed by atoms with Gasteiger partial charge in [0.2, 0.25) is 15.9 Å². The van der Waals surface area contributed by atoms with Crippen LogP contribution in [0, 0.1) is 13.8 Å². The molecule has 0 aromatic carbocycles. The van der Waals surface area contributed by atoms with Crippen molar-refractivity contribution in [3.8, 4) is 0 Å². The standard InChI is InChI=1S/C17H22N4O5S2/c1-12-10-14(13(2)27-12)28(25,26)21-8-6-19(7-9-21)16(23)11-20-5-4-15(22)18(3)17(20)24/h4-5,10H,6-9,11H2,1-3H3. The Bertz CT molecular complexity index is 1120. The second-order valence-corrected chi connectivity index (χ2v) is 10.1. The summed E-state index contributed by atoms with van der Waals surface area (Å²) in [5.41, 5.74) is -1.00. The zero-order valence-electron chi connectivity index (χ0n) is 15.9. The zero-order valence-corrected chi connectivity index (χ0v) is 17.5. The quantitative estimate of drug-likeness (QED) is 0.672. The van der Waals surface area contributed by atoms with E-state index < -0.39 is 21.3 Å². The van der Waals surface area contributed by atoms with Crippen molar-refractivity contribution >= 4 is 27.3 Å². The molecular formula is C17H22N4O5S2. The van der Waals surface area contributed by atoms with Crippen LogP contribution >= 0.6 is 11.3 Å². The first-order valence-corrected chi connectivity index (χ1v) is 11.0. The van der Waals surface area contributed by atoms with Crippen LogP contribution in [-0.2, 0) is 28.4 Å². The van der Waals surface area contributed by atoms with Gasteiger partial charge in [-0.15, -0.1) is 11.3 Å². The highest BCUT2D eigenvalue weighted by atomic mass is 32.2. The number of sulfonamides is 1. The number of aryl methyl sites for hydroxylation is 2. The lowest BCUT2D eigenvalue weighted by Crippen LogP contribution is -2.51. The predicted molar refractivity (Wildman–Crippen MR) is 105 cm³/mol. The molecule has 0 aliphatic carbocycles. The highest BCUT2D eigenvalue weighted by Crippen LogP contribution is 2.28. The largest absolute Gasteiger partial charge is 0.338 e. The van der Waals surface area contributed by atoms with E-state index in [4.69, 9.17) is 0 Å². The van der Waals surface area contributed by atoms with E-state index in [-0.39, 0.29) is 38.6 Å². The molecule has 0 saturated carbocycles. The van der Waals surface area contributed by atoms with Crippen molar-refractivity contribution in [2.75, 3.05) is 26.2 Å². The summed E-state index contributed by atoms with van der Waals surface area (Å²) in [7, 11) is -2.23. The van der Waals surface area contributed by atoms with Gasteiger partial charge in [0.1, 0.15) is 6.54 Å². The normalized spacial score (nSPS) is 15.8. The fraction of sp³-hybridized carbons (Fsp3) is 0.471. The van der Waals surface area contributed by atoms with Gasteiger partial charge in [-0.1, -0.05) is 0 Å². The fourth-order valence-electron chi connectivity index (χ4n) is 3.16. The number of carbonyl (C=O) groups excluding carboxylic acids is 1. The second kappa shape index (κ2) is 7.64. The maximum atomic E-state index is 12.9. The number of nitrogens with zero attached hydrogens (tertiary/aromatic N) is 4. The number of amides is 1. The number of aromatic nitrogens is 2. The molecule has 2 aromatic heterocycles. The molecule has 1 fully saturated rings. The maximum absolute atomic E-state index is 12.9. The molecular weight excluding hydrogens is 404 g/mol. The van der Waals surface area contributed by atoms with Crippen LogP contribution in [0.3, 0.4) is 0 Å². The molecule has 0 unspecified atom stereocenters. The Kier molecular flexibility index (Phi) is 5.60. The molecule has 1 aliphatic heterocycles. The van der Waals surface area contributed by atoms with E-state index in [2.05, 4.69) is 0 Å². The Balaban J connectivity index is 1.68. The van der Waals surface area contributed by atoms with Gasteiger partial charge in [0.25, 0.3) is 5.56 Å². The van der Waals surface area contributed by atoms with Gasteiger partial charge in [0.15, 0.2) is 0 Å². The predicted octanol–water partition coefficient (Wildman–Crippen LogP) is -0.242. The summed E-state index contributed by atoms with van der Waals surface area (Å²) < 4.78 is 29.2. The summed E-state index contributed by atoms with van der Waals surface area (Å²) in [5.74, 6) is -0.291. The lowest BCUT2D eigenvalue weighted by Gasteiger charge is -2.34. The topological polar surface area (TPSA) is 102 Å². The molecule has 11 heteroatoms. The molecule has 0 radical (unpaired) electrons. The van der Waals surface area contributed by atoms with Crippen LogP contribution < -0.4 is 11.2 Å². The molecule has 1 amide bonds. The Morgan fingerprint density at radius 2 is 1.79 bits per heavy atom. The molecule has 9 nitrogen and oxygen atoms in total. The van der Waals surface area contributed by atoms with Crippen molar-refractivity contribution in [1.82, 2.24) is 18.3 Å². The monoisotopic (exact) mass is 426 g/mol. The van der Waals surface area contributed by atoms with Gasteiger partial charge in [-0.05, 0) is 19.9 Å². The van der Waals surface area contributed by atoms with Crippen molar-refractivity contribution < 1.29 is 13.2 Å². The van der Waals surface area contributed by atoms with Crippen LogP contribution in [0.1, 0.15) is 9.75 Å². The van der Waals surface area contributed by atoms with Crippen LogP contribution in [0.5, 0.6) is 0 Å². The van der Waals surface area contributed by atoms with Gasteiger partial charge < -0.3 is 4.90 Å². The summed E-state index contributed by atoms with van der Waals surface area (Å²) in [6.45, 7) is 4.36. The minimum Gasteiger partial charge on any atom is -0.338 e.